The lowest BCUT2D eigenvalue weighted by Crippen LogP contribution is -3.00. The molecule has 29 heavy (non-hydrogen) atoms. The zero-order valence-corrected chi connectivity index (χ0v) is 17.8. The van der Waals surface area contributed by atoms with Crippen LogP contribution in [0.4, 0.5) is 5.69 Å². The van der Waals surface area contributed by atoms with E-state index in [2.05, 4.69) is 45.8 Å². The van der Waals surface area contributed by atoms with Gasteiger partial charge >= 0.3 is 0 Å². The molecule has 1 aromatic heterocycles. The molecule has 4 rings (SSSR count). The van der Waals surface area contributed by atoms with Gasteiger partial charge in [-0.1, -0.05) is 17.7 Å². The summed E-state index contributed by atoms with van der Waals surface area (Å²) in [6.45, 7) is 5.38. The molecular formula is C23H26ClN3O2. The minimum atomic E-state index is -0.00136. The molecule has 0 unspecified atom stereocenters. The number of carbonyl (C=O) groups is 1. The molecule has 0 saturated carbocycles. The number of rotatable bonds is 5. The number of fused-ring (bicyclic) bond motifs is 1. The first-order valence-corrected chi connectivity index (χ1v) is 9.68. The van der Waals surface area contributed by atoms with E-state index in [0.717, 1.165) is 47.6 Å². The lowest BCUT2D eigenvalue weighted by Gasteiger charge is -2.08. The van der Waals surface area contributed by atoms with Crippen LogP contribution < -0.4 is 27.0 Å². The SMILES string of the molecule is COc1ccc(-c2c[n+](CC(=O)Nc3ccc(C)cc3C)c3n2CCC3)cc1.[Cl-]. The topological polar surface area (TPSA) is 47.1 Å². The van der Waals surface area contributed by atoms with Gasteiger partial charge in [-0.15, -0.1) is 0 Å². The minimum absolute atomic E-state index is 0. The van der Waals surface area contributed by atoms with Crippen LogP contribution in [0.2, 0.25) is 0 Å². The second kappa shape index (κ2) is 8.70. The summed E-state index contributed by atoms with van der Waals surface area (Å²) in [5.74, 6) is 2.05. The van der Waals surface area contributed by atoms with Crippen LogP contribution in [0.3, 0.4) is 0 Å². The van der Waals surface area contributed by atoms with Crippen molar-refractivity contribution in [3.63, 3.8) is 0 Å². The standard InChI is InChI=1S/C23H25N3O2.ClH/c1-16-6-11-20(17(2)13-16)24-22(27)15-25-14-21(26-12-4-5-23(25)26)18-7-9-19(28-3)10-8-18;/h6-11,13-14H,4-5,12,15H2,1-3H3;1H. The minimum Gasteiger partial charge on any atom is -1.00 e. The Morgan fingerprint density at radius 2 is 1.93 bits per heavy atom. The van der Waals surface area contributed by atoms with Crippen LogP contribution >= 0.6 is 0 Å². The molecule has 1 amide bonds. The number of aromatic nitrogens is 2. The van der Waals surface area contributed by atoms with E-state index < -0.39 is 0 Å². The van der Waals surface area contributed by atoms with Gasteiger partial charge in [-0.2, -0.15) is 0 Å². The molecule has 0 spiro atoms. The largest absolute Gasteiger partial charge is 1.00 e. The maximum Gasteiger partial charge on any atom is 0.266 e. The third-order valence-corrected chi connectivity index (χ3v) is 5.35. The first-order chi connectivity index (χ1) is 13.5. The number of ether oxygens (including phenoxy) is 1. The summed E-state index contributed by atoms with van der Waals surface area (Å²) in [7, 11) is 1.67. The van der Waals surface area contributed by atoms with Crippen molar-refractivity contribution in [1.82, 2.24) is 4.57 Å². The zero-order valence-electron chi connectivity index (χ0n) is 17.0. The van der Waals surface area contributed by atoms with E-state index >= 15 is 0 Å². The molecule has 1 aliphatic heterocycles. The molecular weight excluding hydrogens is 386 g/mol. The molecule has 0 fully saturated rings. The van der Waals surface area contributed by atoms with E-state index in [4.69, 9.17) is 4.74 Å². The normalized spacial score (nSPS) is 12.2. The Morgan fingerprint density at radius 1 is 1.17 bits per heavy atom. The summed E-state index contributed by atoms with van der Waals surface area (Å²) in [6.07, 6.45) is 4.20. The van der Waals surface area contributed by atoms with Crippen molar-refractivity contribution < 1.29 is 26.5 Å². The van der Waals surface area contributed by atoms with E-state index in [1.54, 1.807) is 7.11 Å². The van der Waals surface area contributed by atoms with Crippen molar-refractivity contribution in [2.75, 3.05) is 12.4 Å². The van der Waals surface area contributed by atoms with E-state index in [1.165, 1.54) is 11.4 Å². The molecule has 6 heteroatoms. The second-order valence-electron chi connectivity index (χ2n) is 7.41. The average Bonchev–Trinajstić information content (AvgIpc) is 3.28. The fourth-order valence-corrected chi connectivity index (χ4v) is 3.94. The van der Waals surface area contributed by atoms with Gasteiger partial charge in [-0.25, -0.2) is 9.13 Å². The summed E-state index contributed by atoms with van der Waals surface area (Å²) >= 11 is 0. The molecule has 0 bridgehead atoms. The van der Waals surface area contributed by atoms with Gasteiger partial charge in [0.2, 0.25) is 0 Å². The predicted molar refractivity (Wildman–Crippen MR) is 109 cm³/mol. The molecule has 3 aromatic rings. The van der Waals surface area contributed by atoms with Crippen LogP contribution in [0.1, 0.15) is 23.4 Å². The van der Waals surface area contributed by atoms with Crippen LogP contribution in [0, 0.1) is 13.8 Å². The monoisotopic (exact) mass is 411 g/mol. The molecule has 2 aromatic carbocycles. The highest BCUT2D eigenvalue weighted by atomic mass is 35.5. The van der Waals surface area contributed by atoms with Gasteiger partial charge in [-0.3, -0.25) is 4.79 Å². The van der Waals surface area contributed by atoms with Gasteiger partial charge in [0.15, 0.2) is 12.2 Å². The second-order valence-corrected chi connectivity index (χ2v) is 7.41. The first-order valence-electron chi connectivity index (χ1n) is 9.68. The highest BCUT2D eigenvalue weighted by Gasteiger charge is 2.29. The van der Waals surface area contributed by atoms with E-state index in [1.807, 2.05) is 31.2 Å². The highest BCUT2D eigenvalue weighted by molar-refractivity contribution is 5.90. The first kappa shape index (κ1) is 20.9. The molecule has 1 aliphatic rings. The number of amides is 1. The van der Waals surface area contributed by atoms with Gasteiger partial charge in [0.25, 0.3) is 11.7 Å². The Kier molecular flexibility index (Phi) is 6.28. The van der Waals surface area contributed by atoms with Gasteiger partial charge < -0.3 is 22.5 Å². The number of carbonyl (C=O) groups excluding carboxylic acids is 1. The van der Waals surface area contributed by atoms with Crippen LogP contribution in [0.15, 0.2) is 48.7 Å². The Balaban J connectivity index is 0.00000240. The maximum absolute atomic E-state index is 12.7. The van der Waals surface area contributed by atoms with Crippen molar-refractivity contribution in [2.45, 2.75) is 39.8 Å². The number of anilines is 1. The van der Waals surface area contributed by atoms with Crippen LogP contribution in [0.5, 0.6) is 5.75 Å². The highest BCUT2D eigenvalue weighted by Crippen LogP contribution is 2.26. The summed E-state index contributed by atoms with van der Waals surface area (Å²) in [6, 6.07) is 14.2. The lowest BCUT2D eigenvalue weighted by atomic mass is 10.1. The van der Waals surface area contributed by atoms with Crippen molar-refractivity contribution in [2.24, 2.45) is 0 Å². The number of nitrogens with one attached hydrogen (secondary N) is 1. The molecule has 0 radical (unpaired) electrons. The Labute approximate surface area is 177 Å². The summed E-state index contributed by atoms with van der Waals surface area (Å²) in [4.78, 5) is 12.7. The smallest absolute Gasteiger partial charge is 0.266 e. The summed E-state index contributed by atoms with van der Waals surface area (Å²) < 4.78 is 9.68. The van der Waals surface area contributed by atoms with Crippen LogP contribution in [0.25, 0.3) is 11.3 Å². The zero-order chi connectivity index (χ0) is 19.7. The Bertz CT molecular complexity index is 1030. The lowest BCUT2D eigenvalue weighted by molar-refractivity contribution is -0.690. The van der Waals surface area contributed by atoms with E-state index in [0.29, 0.717) is 6.54 Å². The van der Waals surface area contributed by atoms with Crippen molar-refractivity contribution in [3.05, 3.63) is 65.6 Å². The molecule has 0 saturated heterocycles. The molecule has 0 atom stereocenters. The fourth-order valence-electron chi connectivity index (χ4n) is 3.94. The number of benzene rings is 2. The maximum atomic E-state index is 12.7. The van der Waals surface area contributed by atoms with Gasteiger partial charge in [0, 0.05) is 11.3 Å². The Morgan fingerprint density at radius 3 is 2.62 bits per heavy atom. The molecule has 0 aliphatic carbocycles. The quantitative estimate of drug-likeness (QED) is 0.627. The summed E-state index contributed by atoms with van der Waals surface area (Å²) in [5, 5.41) is 3.06. The number of methoxy groups -OCH3 is 1. The van der Waals surface area contributed by atoms with Crippen LogP contribution in [-0.2, 0) is 24.3 Å². The van der Waals surface area contributed by atoms with Gasteiger partial charge in [0.1, 0.15) is 11.9 Å². The number of halogens is 1. The number of imidazole rings is 1. The van der Waals surface area contributed by atoms with Crippen molar-refractivity contribution in [1.29, 1.82) is 0 Å². The number of aryl methyl sites for hydroxylation is 2. The predicted octanol–water partition coefficient (Wildman–Crippen LogP) is 0.657. The number of hydrogen-bond donors (Lipinski definition) is 1. The van der Waals surface area contributed by atoms with Crippen molar-refractivity contribution >= 4 is 11.6 Å². The molecule has 2 heterocycles. The number of nitrogens with zero attached hydrogens (tertiary/aromatic N) is 2. The van der Waals surface area contributed by atoms with Crippen molar-refractivity contribution in [3.8, 4) is 17.0 Å². The molecule has 1 N–H and O–H groups in total. The van der Waals surface area contributed by atoms with E-state index in [9.17, 15) is 4.79 Å². The molecule has 5 nitrogen and oxygen atoms in total. The van der Waals surface area contributed by atoms with Gasteiger partial charge in [-0.05, 0) is 56.2 Å². The number of hydrogen-bond acceptors (Lipinski definition) is 2. The third-order valence-electron chi connectivity index (χ3n) is 5.35. The summed E-state index contributed by atoms with van der Waals surface area (Å²) in [5.41, 5.74) is 5.44. The molecule has 152 valence electrons. The van der Waals surface area contributed by atoms with Gasteiger partial charge in [0.05, 0.1) is 20.1 Å². The van der Waals surface area contributed by atoms with Crippen LogP contribution in [-0.4, -0.2) is 17.6 Å². The van der Waals surface area contributed by atoms with E-state index in [-0.39, 0.29) is 18.3 Å². The fraction of sp³-hybridized carbons (Fsp3) is 0.304. The average molecular weight is 412 g/mol. The Hall–Kier alpha value is -2.79. The third kappa shape index (κ3) is 4.30.